The molecule has 1 nitrogen and oxygen atoms in total. The maximum absolute atomic E-state index is 5.27. The predicted octanol–water partition coefficient (Wildman–Crippen LogP) is 14.1. The molecule has 0 amide bonds. The molecule has 1 heterocycles. The van der Waals surface area contributed by atoms with E-state index in [1.165, 1.54) is 77.9 Å². The van der Waals surface area contributed by atoms with Gasteiger partial charge < -0.3 is 0 Å². The number of aromatic nitrogens is 1. The molecular formula is C55H37N. The molecule has 0 aliphatic heterocycles. The summed E-state index contributed by atoms with van der Waals surface area (Å²) in [5.74, 6) is 0. The molecule has 2 aliphatic carbocycles. The molecule has 0 unspecified atom stereocenters. The monoisotopic (exact) mass is 711 g/mol. The van der Waals surface area contributed by atoms with E-state index in [9.17, 15) is 0 Å². The van der Waals surface area contributed by atoms with Crippen LogP contribution in [0.15, 0.2) is 206 Å². The number of fused-ring (bicyclic) bond motifs is 10. The van der Waals surface area contributed by atoms with Crippen molar-refractivity contribution in [2.24, 2.45) is 0 Å². The first-order chi connectivity index (χ1) is 27.7. The van der Waals surface area contributed by atoms with E-state index in [1.807, 2.05) is 0 Å². The highest BCUT2D eigenvalue weighted by molar-refractivity contribution is 6.02. The molecule has 9 aromatic rings. The second kappa shape index (κ2) is 12.8. The third-order valence-corrected chi connectivity index (χ3v) is 12.1. The molecule has 0 bridgehead atoms. The normalized spacial score (nSPS) is 12.9. The van der Waals surface area contributed by atoms with E-state index in [2.05, 4.69) is 213 Å². The minimum Gasteiger partial charge on any atom is -0.247 e. The predicted molar refractivity (Wildman–Crippen MR) is 232 cm³/mol. The average Bonchev–Trinajstić information content (AvgIpc) is 3.75. The maximum Gasteiger partial charge on any atom is 0.0744 e. The molecule has 0 saturated heterocycles. The Morgan fingerprint density at radius 2 is 0.821 bits per heavy atom. The molecule has 11 rings (SSSR count). The molecule has 0 atom stereocenters. The molecule has 2 aliphatic rings. The van der Waals surface area contributed by atoms with Crippen LogP contribution in [0.3, 0.4) is 0 Å². The van der Waals surface area contributed by atoms with Crippen molar-refractivity contribution in [3.8, 4) is 78.1 Å². The summed E-state index contributed by atoms with van der Waals surface area (Å²) in [5, 5.41) is 0. The van der Waals surface area contributed by atoms with Crippen molar-refractivity contribution in [3.05, 3.63) is 234 Å². The lowest BCUT2D eigenvalue weighted by molar-refractivity contribution is 0.794. The van der Waals surface area contributed by atoms with Gasteiger partial charge >= 0.3 is 0 Å². The standard InChI is InChI=1S/C55H37N/c1-36-46(35-52(38-20-7-3-8-21-38)56-54(36)39-22-9-4-10-23-39)40-32-33-41(47(34-40)37-18-5-2-6-19-37)44-27-17-31-51-53(44)45-26-13-16-30-50(45)55(51)48-28-14-11-24-42(48)43-25-12-15-29-49(43)55/h2-35H,1H3. The number of pyridine rings is 1. The van der Waals surface area contributed by atoms with Crippen molar-refractivity contribution < 1.29 is 0 Å². The highest BCUT2D eigenvalue weighted by Gasteiger charge is 2.52. The highest BCUT2D eigenvalue weighted by Crippen LogP contribution is 2.64. The lowest BCUT2D eigenvalue weighted by atomic mass is 9.70. The summed E-state index contributed by atoms with van der Waals surface area (Å²) in [6.45, 7) is 2.22. The fourth-order valence-electron chi connectivity index (χ4n) is 9.71. The van der Waals surface area contributed by atoms with Crippen molar-refractivity contribution in [2.75, 3.05) is 0 Å². The lowest BCUT2D eigenvalue weighted by Crippen LogP contribution is -2.25. The summed E-state index contributed by atoms with van der Waals surface area (Å²) >= 11 is 0. The van der Waals surface area contributed by atoms with Crippen LogP contribution in [0, 0.1) is 6.92 Å². The third-order valence-electron chi connectivity index (χ3n) is 12.1. The van der Waals surface area contributed by atoms with Crippen LogP contribution in [-0.2, 0) is 5.41 Å². The Labute approximate surface area is 328 Å². The van der Waals surface area contributed by atoms with Crippen LogP contribution in [0.1, 0.15) is 27.8 Å². The Balaban J connectivity index is 1.17. The zero-order valence-electron chi connectivity index (χ0n) is 31.1. The van der Waals surface area contributed by atoms with E-state index in [0.717, 1.165) is 28.1 Å². The second-order valence-electron chi connectivity index (χ2n) is 15.0. The van der Waals surface area contributed by atoms with Gasteiger partial charge in [-0.15, -0.1) is 0 Å². The minimum absolute atomic E-state index is 0.391. The molecule has 56 heavy (non-hydrogen) atoms. The summed E-state index contributed by atoms with van der Waals surface area (Å²) in [7, 11) is 0. The van der Waals surface area contributed by atoms with Crippen LogP contribution in [0.5, 0.6) is 0 Å². The van der Waals surface area contributed by atoms with Crippen LogP contribution < -0.4 is 0 Å². The van der Waals surface area contributed by atoms with Gasteiger partial charge in [0.2, 0.25) is 0 Å². The lowest BCUT2D eigenvalue weighted by Gasteiger charge is -2.30. The van der Waals surface area contributed by atoms with E-state index in [4.69, 9.17) is 4.98 Å². The molecule has 0 radical (unpaired) electrons. The van der Waals surface area contributed by atoms with Gasteiger partial charge in [-0.1, -0.05) is 194 Å². The van der Waals surface area contributed by atoms with Gasteiger partial charge in [0.05, 0.1) is 16.8 Å². The summed E-state index contributed by atoms with van der Waals surface area (Å²) < 4.78 is 0. The van der Waals surface area contributed by atoms with E-state index < -0.39 is 5.41 Å². The van der Waals surface area contributed by atoms with E-state index in [0.29, 0.717) is 0 Å². The molecular weight excluding hydrogens is 675 g/mol. The first kappa shape index (κ1) is 32.3. The third kappa shape index (κ3) is 4.71. The first-order valence-electron chi connectivity index (χ1n) is 19.5. The summed E-state index contributed by atoms with van der Waals surface area (Å²) in [6.07, 6.45) is 0. The van der Waals surface area contributed by atoms with Crippen LogP contribution in [-0.4, -0.2) is 4.98 Å². The van der Waals surface area contributed by atoms with Gasteiger partial charge in [-0.25, -0.2) is 4.98 Å². The van der Waals surface area contributed by atoms with Crippen molar-refractivity contribution in [2.45, 2.75) is 12.3 Å². The van der Waals surface area contributed by atoms with Gasteiger partial charge in [-0.2, -0.15) is 0 Å². The van der Waals surface area contributed by atoms with Gasteiger partial charge in [-0.05, 0) is 103 Å². The maximum atomic E-state index is 5.27. The Morgan fingerprint density at radius 1 is 0.321 bits per heavy atom. The molecule has 0 fully saturated rings. The largest absolute Gasteiger partial charge is 0.247 e. The van der Waals surface area contributed by atoms with Crippen molar-refractivity contribution in [1.29, 1.82) is 0 Å². The van der Waals surface area contributed by atoms with E-state index >= 15 is 0 Å². The van der Waals surface area contributed by atoms with Gasteiger partial charge in [-0.3, -0.25) is 0 Å². The molecule has 1 heteroatoms. The Morgan fingerprint density at radius 3 is 1.46 bits per heavy atom. The number of hydrogen-bond donors (Lipinski definition) is 0. The number of rotatable bonds is 5. The van der Waals surface area contributed by atoms with Crippen LogP contribution >= 0.6 is 0 Å². The smallest absolute Gasteiger partial charge is 0.0744 e. The number of benzene rings is 8. The van der Waals surface area contributed by atoms with Crippen LogP contribution in [0.4, 0.5) is 0 Å². The van der Waals surface area contributed by atoms with Crippen molar-refractivity contribution in [1.82, 2.24) is 4.98 Å². The average molecular weight is 712 g/mol. The minimum atomic E-state index is -0.391. The van der Waals surface area contributed by atoms with E-state index in [1.54, 1.807) is 0 Å². The Hall–Kier alpha value is -7.09. The summed E-state index contributed by atoms with van der Waals surface area (Å²) in [6, 6.07) is 75.5. The van der Waals surface area contributed by atoms with E-state index in [-0.39, 0.29) is 0 Å². The van der Waals surface area contributed by atoms with Crippen LogP contribution in [0.2, 0.25) is 0 Å². The molecule has 1 spiro atoms. The molecule has 1 aromatic heterocycles. The molecule has 8 aromatic carbocycles. The van der Waals surface area contributed by atoms with Crippen molar-refractivity contribution in [3.63, 3.8) is 0 Å². The van der Waals surface area contributed by atoms with Gasteiger partial charge in [0, 0.05) is 11.1 Å². The second-order valence-corrected chi connectivity index (χ2v) is 15.0. The van der Waals surface area contributed by atoms with Crippen molar-refractivity contribution >= 4 is 0 Å². The fraction of sp³-hybridized carbons (Fsp3) is 0.0364. The zero-order valence-corrected chi connectivity index (χ0v) is 31.1. The van der Waals surface area contributed by atoms with Gasteiger partial charge in [0.25, 0.3) is 0 Å². The Kier molecular flexibility index (Phi) is 7.37. The first-order valence-corrected chi connectivity index (χ1v) is 19.5. The van der Waals surface area contributed by atoms with Gasteiger partial charge in [0.15, 0.2) is 0 Å². The molecule has 0 N–H and O–H groups in total. The number of hydrogen-bond acceptors (Lipinski definition) is 1. The molecule has 262 valence electrons. The zero-order chi connectivity index (χ0) is 37.2. The summed E-state index contributed by atoms with van der Waals surface area (Å²) in [5.41, 5.74) is 22.9. The fourth-order valence-corrected chi connectivity index (χ4v) is 9.71. The quantitative estimate of drug-likeness (QED) is 0.173. The molecule has 0 saturated carbocycles. The Bertz CT molecular complexity index is 2910. The van der Waals surface area contributed by atoms with Crippen LogP contribution in [0.25, 0.3) is 78.1 Å². The topological polar surface area (TPSA) is 12.9 Å². The van der Waals surface area contributed by atoms with Gasteiger partial charge in [0.1, 0.15) is 0 Å². The highest BCUT2D eigenvalue weighted by atomic mass is 14.7. The number of nitrogens with zero attached hydrogens (tertiary/aromatic N) is 1. The summed E-state index contributed by atoms with van der Waals surface area (Å²) in [4.78, 5) is 5.27. The SMILES string of the molecule is Cc1c(-c2ccc(-c3cccc4c3-c3ccccc3C43c4ccccc4-c4ccccc43)c(-c3ccccc3)c2)cc(-c2ccccc2)nc1-c1ccccc1.